The van der Waals surface area contributed by atoms with Crippen LogP contribution in [0.4, 0.5) is 0 Å². The van der Waals surface area contributed by atoms with Gasteiger partial charge in [0.15, 0.2) is 6.29 Å². The van der Waals surface area contributed by atoms with E-state index in [-0.39, 0.29) is 11.9 Å². The molecule has 0 aliphatic carbocycles. The normalized spacial score (nSPS) is 10.8. The monoisotopic (exact) mass is 412 g/mol. The van der Waals surface area contributed by atoms with Crippen LogP contribution in [0.15, 0.2) is 59.1 Å². The van der Waals surface area contributed by atoms with Crippen LogP contribution in [0, 0.1) is 0 Å². The zero-order valence-corrected chi connectivity index (χ0v) is 15.9. The molecule has 3 aromatic carbocycles. The van der Waals surface area contributed by atoms with Gasteiger partial charge in [-0.25, -0.2) is 4.79 Å². The maximum Gasteiger partial charge on any atom is 0.343 e. The smallest absolute Gasteiger partial charge is 0.343 e. The second-order valence-electron chi connectivity index (χ2n) is 6.02. The zero-order chi connectivity index (χ0) is 18.7. The van der Waals surface area contributed by atoms with Gasteiger partial charge >= 0.3 is 5.97 Å². The molecule has 0 aromatic heterocycles. The number of ether oxygens (including phenoxy) is 2. The highest BCUT2D eigenvalue weighted by molar-refractivity contribution is 9.10. The van der Waals surface area contributed by atoms with Gasteiger partial charge in [-0.15, -0.1) is 0 Å². The van der Waals surface area contributed by atoms with Crippen LogP contribution >= 0.6 is 15.9 Å². The molecule has 5 heteroatoms. The molecule has 0 aliphatic heterocycles. The second-order valence-corrected chi connectivity index (χ2v) is 6.88. The third-order valence-electron chi connectivity index (χ3n) is 3.76. The van der Waals surface area contributed by atoms with Crippen molar-refractivity contribution in [1.82, 2.24) is 0 Å². The Hall–Kier alpha value is -2.66. The van der Waals surface area contributed by atoms with Gasteiger partial charge in [0.2, 0.25) is 0 Å². The summed E-state index contributed by atoms with van der Waals surface area (Å²) < 4.78 is 11.9. The molecular weight excluding hydrogens is 396 g/mol. The van der Waals surface area contributed by atoms with E-state index < -0.39 is 5.97 Å². The molecule has 26 heavy (non-hydrogen) atoms. The van der Waals surface area contributed by atoms with E-state index in [0.717, 1.165) is 5.39 Å². The Labute approximate surface area is 159 Å². The predicted octanol–water partition coefficient (Wildman–Crippen LogP) is 5.42. The van der Waals surface area contributed by atoms with Gasteiger partial charge in [-0.05, 0) is 59.4 Å². The lowest BCUT2D eigenvalue weighted by Gasteiger charge is -2.13. The minimum atomic E-state index is -0.541. The first-order valence-electron chi connectivity index (χ1n) is 8.15. The molecule has 3 aromatic rings. The average Bonchev–Trinajstić information content (AvgIpc) is 2.63. The van der Waals surface area contributed by atoms with E-state index in [9.17, 15) is 9.59 Å². The molecule has 0 N–H and O–H groups in total. The van der Waals surface area contributed by atoms with Gasteiger partial charge in [-0.1, -0.05) is 30.3 Å². The topological polar surface area (TPSA) is 52.6 Å². The van der Waals surface area contributed by atoms with Crippen molar-refractivity contribution in [3.63, 3.8) is 0 Å². The number of halogens is 1. The van der Waals surface area contributed by atoms with Crippen LogP contribution in [0.1, 0.15) is 34.6 Å². The lowest BCUT2D eigenvalue weighted by molar-refractivity contribution is 0.0736. The standard InChI is InChI=1S/C21H17BrO4/c1-13(2)25-19-10-9-15(11-18(19)22)21(24)26-20-16(12-23)8-7-14-5-3-4-6-17(14)20/h3-13H,1-2H3. The molecule has 0 aliphatic rings. The van der Waals surface area contributed by atoms with E-state index in [1.807, 2.05) is 44.2 Å². The van der Waals surface area contributed by atoms with Crippen molar-refractivity contribution in [2.24, 2.45) is 0 Å². The Morgan fingerprint density at radius 3 is 2.54 bits per heavy atom. The number of benzene rings is 3. The predicted molar refractivity (Wildman–Crippen MR) is 104 cm³/mol. The van der Waals surface area contributed by atoms with Gasteiger partial charge < -0.3 is 9.47 Å². The summed E-state index contributed by atoms with van der Waals surface area (Å²) in [5.41, 5.74) is 0.689. The molecule has 0 saturated heterocycles. The largest absolute Gasteiger partial charge is 0.490 e. The van der Waals surface area contributed by atoms with Crippen molar-refractivity contribution in [2.75, 3.05) is 0 Å². The van der Waals surface area contributed by atoms with Crippen LogP contribution < -0.4 is 9.47 Å². The Morgan fingerprint density at radius 1 is 1.08 bits per heavy atom. The third-order valence-corrected chi connectivity index (χ3v) is 4.38. The molecule has 132 valence electrons. The molecule has 0 atom stereocenters. The van der Waals surface area contributed by atoms with Gasteiger partial charge in [-0.3, -0.25) is 4.79 Å². The molecule has 0 amide bonds. The summed E-state index contributed by atoms with van der Waals surface area (Å²) in [7, 11) is 0. The lowest BCUT2D eigenvalue weighted by atomic mass is 10.1. The van der Waals surface area contributed by atoms with Crippen molar-refractivity contribution in [2.45, 2.75) is 20.0 Å². The Kier molecular flexibility index (Phi) is 5.38. The highest BCUT2D eigenvalue weighted by Crippen LogP contribution is 2.31. The second kappa shape index (κ2) is 7.70. The number of aldehydes is 1. The van der Waals surface area contributed by atoms with Crippen molar-refractivity contribution in [3.05, 3.63) is 70.2 Å². The minimum absolute atomic E-state index is 0.0231. The van der Waals surface area contributed by atoms with Gasteiger partial charge in [0.25, 0.3) is 0 Å². The summed E-state index contributed by atoms with van der Waals surface area (Å²) in [5, 5.41) is 1.60. The van der Waals surface area contributed by atoms with Crippen LogP contribution in [0.3, 0.4) is 0 Å². The number of hydrogen-bond donors (Lipinski definition) is 0. The molecule has 3 rings (SSSR count). The van der Waals surface area contributed by atoms with E-state index >= 15 is 0 Å². The first kappa shape index (κ1) is 18.1. The number of hydrogen-bond acceptors (Lipinski definition) is 4. The summed E-state index contributed by atoms with van der Waals surface area (Å²) in [5.74, 6) is 0.373. The maximum atomic E-state index is 12.6. The quantitative estimate of drug-likeness (QED) is 0.318. The van der Waals surface area contributed by atoms with Gasteiger partial charge in [-0.2, -0.15) is 0 Å². The highest BCUT2D eigenvalue weighted by atomic mass is 79.9. The Balaban J connectivity index is 1.94. The number of carbonyl (C=O) groups is 2. The number of carbonyl (C=O) groups excluding carboxylic acids is 2. The van der Waals surface area contributed by atoms with Crippen LogP contribution in [-0.2, 0) is 0 Å². The fraction of sp³-hybridized carbons (Fsp3) is 0.143. The molecule has 0 unspecified atom stereocenters. The molecule has 0 spiro atoms. The third kappa shape index (κ3) is 3.78. The van der Waals surface area contributed by atoms with Crippen molar-refractivity contribution < 1.29 is 19.1 Å². The average molecular weight is 413 g/mol. The van der Waals surface area contributed by atoms with Crippen molar-refractivity contribution in [3.8, 4) is 11.5 Å². The van der Waals surface area contributed by atoms with Crippen molar-refractivity contribution >= 4 is 39.0 Å². The van der Waals surface area contributed by atoms with Crippen molar-refractivity contribution in [1.29, 1.82) is 0 Å². The molecule has 0 radical (unpaired) electrons. The Bertz CT molecular complexity index is 979. The Morgan fingerprint density at radius 2 is 1.85 bits per heavy atom. The number of esters is 1. The van der Waals surface area contributed by atoms with E-state index in [0.29, 0.717) is 33.0 Å². The van der Waals surface area contributed by atoms with E-state index in [1.54, 1.807) is 24.3 Å². The highest BCUT2D eigenvalue weighted by Gasteiger charge is 2.16. The van der Waals surface area contributed by atoms with Gasteiger partial charge in [0.1, 0.15) is 11.5 Å². The molecule has 0 bridgehead atoms. The lowest BCUT2D eigenvalue weighted by Crippen LogP contribution is -2.11. The van der Waals surface area contributed by atoms with E-state index in [2.05, 4.69) is 15.9 Å². The summed E-state index contributed by atoms with van der Waals surface area (Å²) in [4.78, 5) is 24.0. The molecular formula is C21H17BrO4. The SMILES string of the molecule is CC(C)Oc1ccc(C(=O)Oc2c(C=O)ccc3ccccc23)cc1Br. The fourth-order valence-corrected chi connectivity index (χ4v) is 3.07. The van der Waals surface area contributed by atoms with E-state index in [4.69, 9.17) is 9.47 Å². The fourth-order valence-electron chi connectivity index (χ4n) is 2.60. The van der Waals surface area contributed by atoms with E-state index in [1.165, 1.54) is 0 Å². The zero-order valence-electron chi connectivity index (χ0n) is 14.4. The van der Waals surface area contributed by atoms with Gasteiger partial charge in [0.05, 0.1) is 21.7 Å². The minimum Gasteiger partial charge on any atom is -0.490 e. The molecule has 4 nitrogen and oxygen atoms in total. The van der Waals surface area contributed by atoms with Gasteiger partial charge in [0, 0.05) is 5.39 Å². The maximum absolute atomic E-state index is 12.6. The summed E-state index contributed by atoms with van der Waals surface area (Å²) in [6.07, 6.45) is 0.708. The van der Waals surface area contributed by atoms with Crippen LogP contribution in [0.25, 0.3) is 10.8 Å². The number of fused-ring (bicyclic) bond motifs is 1. The summed E-state index contributed by atoms with van der Waals surface area (Å²) >= 11 is 3.41. The molecule has 0 heterocycles. The van der Waals surface area contributed by atoms with Crippen LogP contribution in [-0.4, -0.2) is 18.4 Å². The first-order chi connectivity index (χ1) is 12.5. The number of rotatable bonds is 5. The first-order valence-corrected chi connectivity index (χ1v) is 8.94. The molecule has 0 fully saturated rings. The molecule has 0 saturated carbocycles. The van der Waals surface area contributed by atoms with Crippen LogP contribution in [0.2, 0.25) is 0 Å². The van der Waals surface area contributed by atoms with Crippen LogP contribution in [0.5, 0.6) is 11.5 Å². The summed E-state index contributed by atoms with van der Waals surface area (Å²) in [6.45, 7) is 3.85. The summed E-state index contributed by atoms with van der Waals surface area (Å²) in [6, 6.07) is 15.9.